The smallest absolute Gasteiger partial charge is 0.303 e. The number of piperazine rings is 1. The molecule has 1 aromatic carbocycles. The molecular weight excluding hydrogens is 354 g/mol. The molecule has 154 valence electrons. The topological polar surface area (TPSA) is 64.1 Å². The number of amides is 1. The molecule has 1 unspecified atom stereocenters. The standard InChI is InChI=1S/C22H33N3O3/c1-18-5-2-3-7-20(18)16-23-11-13-25(14-12-23)21(26)17-24-10-4-6-19(15-24)8-9-22(27)28/h2-3,5,7,19H,4,6,8-17H2,1H3,(H,27,28). The first-order valence-electron chi connectivity index (χ1n) is 10.5. The van der Waals surface area contributed by atoms with Gasteiger partial charge in [0.15, 0.2) is 0 Å². The van der Waals surface area contributed by atoms with Gasteiger partial charge in [-0.3, -0.25) is 19.4 Å². The van der Waals surface area contributed by atoms with Crippen LogP contribution in [0.2, 0.25) is 0 Å². The van der Waals surface area contributed by atoms with Crippen LogP contribution in [0.4, 0.5) is 0 Å². The second-order valence-electron chi connectivity index (χ2n) is 8.26. The Hall–Kier alpha value is -1.92. The third-order valence-corrected chi connectivity index (χ3v) is 6.11. The zero-order valence-electron chi connectivity index (χ0n) is 17.0. The van der Waals surface area contributed by atoms with E-state index in [0.717, 1.165) is 65.1 Å². The highest BCUT2D eigenvalue weighted by atomic mass is 16.4. The van der Waals surface area contributed by atoms with Gasteiger partial charge in [0.2, 0.25) is 5.91 Å². The Labute approximate surface area is 168 Å². The fourth-order valence-electron chi connectivity index (χ4n) is 4.33. The van der Waals surface area contributed by atoms with Gasteiger partial charge < -0.3 is 10.0 Å². The van der Waals surface area contributed by atoms with Crippen LogP contribution in [0.1, 0.15) is 36.8 Å². The number of aryl methyl sites for hydroxylation is 1. The van der Waals surface area contributed by atoms with Crippen LogP contribution < -0.4 is 0 Å². The molecule has 6 nitrogen and oxygen atoms in total. The number of carboxylic acid groups (broad SMARTS) is 1. The lowest BCUT2D eigenvalue weighted by Crippen LogP contribution is -2.51. The average Bonchev–Trinajstić information content (AvgIpc) is 2.69. The van der Waals surface area contributed by atoms with Crippen molar-refractivity contribution in [3.63, 3.8) is 0 Å². The van der Waals surface area contributed by atoms with E-state index < -0.39 is 5.97 Å². The van der Waals surface area contributed by atoms with Crippen LogP contribution in [0.3, 0.4) is 0 Å². The first kappa shape index (κ1) is 20.8. The molecule has 1 atom stereocenters. The quantitative estimate of drug-likeness (QED) is 0.777. The molecule has 0 saturated carbocycles. The molecule has 0 bridgehead atoms. The van der Waals surface area contributed by atoms with Gasteiger partial charge in [-0.1, -0.05) is 24.3 Å². The second-order valence-corrected chi connectivity index (χ2v) is 8.26. The SMILES string of the molecule is Cc1ccccc1CN1CCN(C(=O)CN2CCCC(CCC(=O)O)C2)CC1. The molecule has 1 aromatic rings. The molecule has 1 amide bonds. The van der Waals surface area contributed by atoms with Gasteiger partial charge in [-0.15, -0.1) is 0 Å². The van der Waals surface area contributed by atoms with Crippen molar-refractivity contribution in [1.29, 1.82) is 0 Å². The summed E-state index contributed by atoms with van der Waals surface area (Å²) in [5.41, 5.74) is 2.69. The number of nitrogens with zero attached hydrogens (tertiary/aromatic N) is 3. The van der Waals surface area contributed by atoms with E-state index >= 15 is 0 Å². The monoisotopic (exact) mass is 387 g/mol. The third-order valence-electron chi connectivity index (χ3n) is 6.11. The van der Waals surface area contributed by atoms with Gasteiger partial charge in [-0.2, -0.15) is 0 Å². The van der Waals surface area contributed by atoms with Crippen molar-refractivity contribution >= 4 is 11.9 Å². The Bertz CT molecular complexity index is 671. The van der Waals surface area contributed by atoms with Crippen molar-refractivity contribution in [2.45, 2.75) is 39.2 Å². The molecule has 2 saturated heterocycles. The van der Waals surface area contributed by atoms with Crippen molar-refractivity contribution in [1.82, 2.24) is 14.7 Å². The van der Waals surface area contributed by atoms with Crippen LogP contribution in [-0.4, -0.2) is 77.5 Å². The van der Waals surface area contributed by atoms with E-state index in [1.54, 1.807) is 0 Å². The van der Waals surface area contributed by atoms with E-state index in [1.165, 1.54) is 11.1 Å². The highest BCUT2D eigenvalue weighted by Gasteiger charge is 2.26. The van der Waals surface area contributed by atoms with E-state index in [-0.39, 0.29) is 12.3 Å². The van der Waals surface area contributed by atoms with Crippen molar-refractivity contribution in [2.24, 2.45) is 5.92 Å². The summed E-state index contributed by atoms with van der Waals surface area (Å²) in [6.07, 6.45) is 3.09. The molecule has 2 heterocycles. The first-order chi connectivity index (χ1) is 13.5. The van der Waals surface area contributed by atoms with Gasteiger partial charge in [0.05, 0.1) is 6.54 Å². The van der Waals surface area contributed by atoms with Gasteiger partial charge in [0.25, 0.3) is 0 Å². The van der Waals surface area contributed by atoms with Gasteiger partial charge in [-0.25, -0.2) is 0 Å². The summed E-state index contributed by atoms with van der Waals surface area (Å²) >= 11 is 0. The number of carbonyl (C=O) groups is 2. The second kappa shape index (κ2) is 10.0. The first-order valence-corrected chi connectivity index (χ1v) is 10.5. The summed E-state index contributed by atoms with van der Waals surface area (Å²) in [5.74, 6) is -0.102. The Morgan fingerprint density at radius 2 is 1.82 bits per heavy atom. The summed E-state index contributed by atoms with van der Waals surface area (Å²) in [6.45, 7) is 8.80. The fraction of sp³-hybridized carbons (Fsp3) is 0.636. The molecule has 0 radical (unpaired) electrons. The van der Waals surface area contributed by atoms with Crippen LogP contribution in [0, 0.1) is 12.8 Å². The molecule has 2 aliphatic heterocycles. The normalized spacial score (nSPS) is 21.6. The number of carboxylic acids is 1. The molecule has 2 aliphatic rings. The summed E-state index contributed by atoms with van der Waals surface area (Å²) in [7, 11) is 0. The molecule has 6 heteroatoms. The number of benzene rings is 1. The van der Waals surface area contributed by atoms with Crippen molar-refractivity contribution in [3.05, 3.63) is 35.4 Å². The van der Waals surface area contributed by atoms with Gasteiger partial charge in [0, 0.05) is 45.7 Å². The average molecular weight is 388 g/mol. The number of rotatable bonds is 7. The number of piperidine rings is 1. The molecule has 1 N–H and O–H groups in total. The summed E-state index contributed by atoms with van der Waals surface area (Å²) in [6, 6.07) is 8.49. The minimum absolute atomic E-state index is 0.217. The minimum atomic E-state index is -0.725. The van der Waals surface area contributed by atoms with Crippen LogP contribution >= 0.6 is 0 Å². The van der Waals surface area contributed by atoms with E-state index in [2.05, 4.69) is 41.0 Å². The van der Waals surface area contributed by atoms with Crippen molar-refractivity contribution in [2.75, 3.05) is 45.8 Å². The zero-order valence-corrected chi connectivity index (χ0v) is 17.0. The lowest BCUT2D eigenvalue weighted by atomic mass is 9.93. The Morgan fingerprint density at radius 3 is 2.54 bits per heavy atom. The summed E-state index contributed by atoms with van der Waals surface area (Å²) < 4.78 is 0. The predicted octanol–water partition coefficient (Wildman–Crippen LogP) is 2.22. The maximum atomic E-state index is 12.7. The number of hydrogen-bond donors (Lipinski definition) is 1. The van der Waals surface area contributed by atoms with Gasteiger partial charge in [0.1, 0.15) is 0 Å². The minimum Gasteiger partial charge on any atom is -0.481 e. The largest absolute Gasteiger partial charge is 0.481 e. The molecule has 0 aromatic heterocycles. The zero-order chi connectivity index (χ0) is 19.9. The van der Waals surface area contributed by atoms with Crippen LogP contribution in [-0.2, 0) is 16.1 Å². The summed E-state index contributed by atoms with van der Waals surface area (Å²) in [4.78, 5) is 30.2. The van der Waals surface area contributed by atoms with Crippen molar-refractivity contribution in [3.8, 4) is 0 Å². The number of aliphatic carboxylic acids is 1. The Morgan fingerprint density at radius 1 is 1.07 bits per heavy atom. The summed E-state index contributed by atoms with van der Waals surface area (Å²) in [5, 5.41) is 8.88. The van der Waals surface area contributed by atoms with E-state index in [4.69, 9.17) is 5.11 Å². The van der Waals surface area contributed by atoms with Crippen LogP contribution in [0.25, 0.3) is 0 Å². The van der Waals surface area contributed by atoms with E-state index in [1.807, 2.05) is 4.90 Å². The molecule has 2 fully saturated rings. The molecular formula is C22H33N3O3. The maximum Gasteiger partial charge on any atom is 0.303 e. The third kappa shape index (κ3) is 6.04. The lowest BCUT2D eigenvalue weighted by Gasteiger charge is -2.37. The van der Waals surface area contributed by atoms with Gasteiger partial charge >= 0.3 is 5.97 Å². The van der Waals surface area contributed by atoms with E-state index in [9.17, 15) is 9.59 Å². The highest BCUT2D eigenvalue weighted by Crippen LogP contribution is 2.21. The predicted molar refractivity (Wildman–Crippen MR) is 109 cm³/mol. The molecule has 0 spiro atoms. The fourth-order valence-corrected chi connectivity index (χ4v) is 4.33. The highest BCUT2D eigenvalue weighted by molar-refractivity contribution is 5.78. The van der Waals surface area contributed by atoms with Crippen LogP contribution in [0.5, 0.6) is 0 Å². The molecule has 0 aliphatic carbocycles. The van der Waals surface area contributed by atoms with Crippen molar-refractivity contribution < 1.29 is 14.7 Å². The Kier molecular flexibility index (Phi) is 7.45. The number of likely N-dealkylation sites (tertiary alicyclic amines) is 1. The lowest BCUT2D eigenvalue weighted by molar-refractivity contribution is -0.138. The number of hydrogen-bond acceptors (Lipinski definition) is 4. The molecule has 3 rings (SSSR count). The maximum absolute atomic E-state index is 12.7. The van der Waals surface area contributed by atoms with Crippen LogP contribution in [0.15, 0.2) is 24.3 Å². The number of carbonyl (C=O) groups excluding carboxylic acids is 1. The van der Waals surface area contributed by atoms with E-state index in [0.29, 0.717) is 12.5 Å². The molecule has 28 heavy (non-hydrogen) atoms. The Balaban J connectivity index is 1.41. The van der Waals surface area contributed by atoms with Gasteiger partial charge in [-0.05, 0) is 49.8 Å².